The number of aromatic nitrogens is 1. The highest BCUT2D eigenvalue weighted by atomic mass is 32.2. The van der Waals surface area contributed by atoms with E-state index in [4.69, 9.17) is 11.2 Å². The van der Waals surface area contributed by atoms with Crippen LogP contribution in [0.5, 0.6) is 0 Å². The van der Waals surface area contributed by atoms with Crippen LogP contribution < -0.4 is 5.32 Å². The van der Waals surface area contributed by atoms with Crippen LogP contribution in [-0.4, -0.2) is 27.6 Å². The lowest BCUT2D eigenvalue weighted by Crippen LogP contribution is -2.40. The summed E-state index contributed by atoms with van der Waals surface area (Å²) in [5.41, 5.74) is 1.51. The molecule has 0 aliphatic carbocycles. The zero-order valence-electron chi connectivity index (χ0n) is 14.7. The molecule has 1 aliphatic heterocycles. The van der Waals surface area contributed by atoms with E-state index in [2.05, 4.69) is 21.1 Å². The highest BCUT2D eigenvalue weighted by Gasteiger charge is 2.36. The number of hydrogen-bond acceptors (Lipinski definition) is 5. The lowest BCUT2D eigenvalue weighted by molar-refractivity contribution is 0.170. The van der Waals surface area contributed by atoms with Crippen LogP contribution in [0.25, 0.3) is 0 Å². The van der Waals surface area contributed by atoms with E-state index in [-0.39, 0.29) is 17.0 Å². The first-order valence-electron chi connectivity index (χ1n) is 7.75. The molecule has 2 atom stereocenters. The van der Waals surface area contributed by atoms with Crippen molar-refractivity contribution in [1.29, 1.82) is 0 Å². The first-order valence-corrected chi connectivity index (χ1v) is 8.63. The largest absolute Gasteiger partial charge is 0.413 e. The fourth-order valence-corrected chi connectivity index (χ4v) is 3.70. The molecule has 128 valence electrons. The highest BCUT2D eigenvalue weighted by molar-refractivity contribution is 8.03. The molecule has 2 heterocycles. The van der Waals surface area contributed by atoms with Crippen LogP contribution in [0.3, 0.4) is 0 Å². The fraction of sp³-hybridized carbons (Fsp3) is 0.444. The molecule has 0 bridgehead atoms. The van der Waals surface area contributed by atoms with Gasteiger partial charge >= 0.3 is 6.09 Å². The number of carbonyl (C=O) groups excluding carboxylic acids is 1. The first kappa shape index (κ1) is 18.2. The summed E-state index contributed by atoms with van der Waals surface area (Å²) in [6.07, 6.45) is 8.69. The van der Waals surface area contributed by atoms with Gasteiger partial charge in [0.1, 0.15) is 5.37 Å². The molecule has 0 radical (unpaired) electrons. The van der Waals surface area contributed by atoms with Gasteiger partial charge in [-0.3, -0.25) is 4.98 Å². The molecule has 0 saturated heterocycles. The van der Waals surface area contributed by atoms with Crippen LogP contribution in [0.15, 0.2) is 35.3 Å². The quantitative estimate of drug-likeness (QED) is 0.843. The molecule has 1 amide bonds. The minimum absolute atomic E-state index is 0.0674. The molecule has 2 unspecified atom stereocenters. The number of rotatable bonds is 3. The number of pyridine rings is 1. The molecule has 1 aliphatic rings. The minimum Gasteiger partial charge on any atom is -0.401 e. The second-order valence-electron chi connectivity index (χ2n) is 6.64. The van der Waals surface area contributed by atoms with E-state index >= 15 is 0 Å². The summed E-state index contributed by atoms with van der Waals surface area (Å²) in [6, 6.07) is 3.75. The van der Waals surface area contributed by atoms with Crippen molar-refractivity contribution >= 4 is 17.9 Å². The van der Waals surface area contributed by atoms with Gasteiger partial charge in [0.15, 0.2) is 5.09 Å². The van der Waals surface area contributed by atoms with Gasteiger partial charge in [-0.2, -0.15) is 0 Å². The van der Waals surface area contributed by atoms with E-state index in [1.54, 1.807) is 12.4 Å². The van der Waals surface area contributed by atoms with Crippen molar-refractivity contribution in [2.24, 2.45) is 0 Å². The van der Waals surface area contributed by atoms with E-state index < -0.39 is 6.09 Å². The van der Waals surface area contributed by atoms with Crippen LogP contribution in [0.2, 0.25) is 0 Å². The van der Waals surface area contributed by atoms with Gasteiger partial charge in [0, 0.05) is 23.5 Å². The van der Waals surface area contributed by atoms with Gasteiger partial charge in [0.2, 0.25) is 0 Å². The normalized spacial score (nSPS) is 19.0. The maximum absolute atomic E-state index is 12.1. The van der Waals surface area contributed by atoms with Crippen molar-refractivity contribution in [2.45, 2.75) is 51.6 Å². The molecule has 2 rings (SSSR count). The van der Waals surface area contributed by atoms with Crippen molar-refractivity contribution in [2.75, 3.05) is 0 Å². The summed E-state index contributed by atoms with van der Waals surface area (Å²) in [4.78, 5) is 18.3. The number of thioether (sulfide) groups is 1. The van der Waals surface area contributed by atoms with Crippen molar-refractivity contribution in [3.05, 3.63) is 40.9 Å². The predicted octanol–water partition coefficient (Wildman–Crippen LogP) is 3.86. The maximum atomic E-state index is 12.1. The zero-order valence-corrected chi connectivity index (χ0v) is 15.5. The SMILES string of the molecule is C#CC(C)N1C(C)=C(OC(=O)NC(C)(C)C)SC1c1cccnc1. The predicted molar refractivity (Wildman–Crippen MR) is 96.8 cm³/mol. The van der Waals surface area contributed by atoms with Crippen molar-refractivity contribution in [1.82, 2.24) is 15.2 Å². The standard InChI is InChI=1S/C18H23N3O2S/c1-7-12(2)21-13(3)16(23-17(22)20-18(4,5)6)24-15(21)14-9-8-10-19-11-14/h1,8-12,15H,2-6H3,(H,20,22). The Morgan fingerprint density at radius 2 is 2.25 bits per heavy atom. The maximum Gasteiger partial charge on any atom is 0.413 e. The number of alkyl carbamates (subject to hydrolysis) is 1. The molecule has 0 saturated carbocycles. The molecule has 1 aromatic rings. The number of allylic oxidation sites excluding steroid dienone is 1. The molecule has 6 heteroatoms. The third kappa shape index (κ3) is 4.24. The summed E-state index contributed by atoms with van der Waals surface area (Å²) >= 11 is 1.46. The Morgan fingerprint density at radius 1 is 1.54 bits per heavy atom. The summed E-state index contributed by atoms with van der Waals surface area (Å²) in [5, 5.41) is 3.29. The molecule has 24 heavy (non-hydrogen) atoms. The van der Waals surface area contributed by atoms with Crippen LogP contribution in [0.4, 0.5) is 4.79 Å². The van der Waals surface area contributed by atoms with Crippen molar-refractivity contribution in [3.8, 4) is 12.3 Å². The average molecular weight is 345 g/mol. The molecule has 0 spiro atoms. The average Bonchev–Trinajstić information content (AvgIpc) is 2.82. The summed E-state index contributed by atoms with van der Waals surface area (Å²) in [6.45, 7) is 9.58. The molecular formula is C18H23N3O2S. The smallest absolute Gasteiger partial charge is 0.401 e. The van der Waals surface area contributed by atoms with E-state index in [0.29, 0.717) is 5.09 Å². The Bertz CT molecular complexity index is 674. The number of terminal acetylenes is 1. The molecular weight excluding hydrogens is 322 g/mol. The topological polar surface area (TPSA) is 54.5 Å². The first-order chi connectivity index (χ1) is 11.2. The number of ether oxygens (including phenoxy) is 1. The second kappa shape index (κ2) is 7.18. The molecule has 0 aromatic carbocycles. The van der Waals surface area contributed by atoms with Gasteiger partial charge < -0.3 is 15.0 Å². The Labute approximate surface area is 147 Å². The summed E-state index contributed by atoms with van der Waals surface area (Å²) in [7, 11) is 0. The number of hydrogen-bond donors (Lipinski definition) is 1. The minimum atomic E-state index is -0.468. The van der Waals surface area contributed by atoms with E-state index in [1.807, 2.05) is 46.8 Å². The van der Waals surface area contributed by atoms with Gasteiger partial charge in [-0.05, 0) is 40.7 Å². The van der Waals surface area contributed by atoms with Gasteiger partial charge in [0.25, 0.3) is 0 Å². The monoisotopic (exact) mass is 345 g/mol. The molecule has 1 N–H and O–H groups in total. The van der Waals surface area contributed by atoms with Crippen molar-refractivity contribution in [3.63, 3.8) is 0 Å². The van der Waals surface area contributed by atoms with E-state index in [0.717, 1.165) is 11.3 Å². The highest BCUT2D eigenvalue weighted by Crippen LogP contribution is 2.48. The van der Waals surface area contributed by atoms with Gasteiger partial charge in [-0.15, -0.1) is 6.42 Å². The summed E-state index contributed by atoms with van der Waals surface area (Å²) in [5.74, 6) is 2.75. The number of amides is 1. The fourth-order valence-electron chi connectivity index (χ4n) is 2.36. The lowest BCUT2D eigenvalue weighted by atomic mass is 10.1. The van der Waals surface area contributed by atoms with Crippen molar-refractivity contribution < 1.29 is 9.53 Å². The van der Waals surface area contributed by atoms with Crippen LogP contribution in [0, 0.1) is 12.3 Å². The lowest BCUT2D eigenvalue weighted by Gasteiger charge is -2.30. The van der Waals surface area contributed by atoms with Crippen LogP contribution in [-0.2, 0) is 4.74 Å². The van der Waals surface area contributed by atoms with E-state index in [1.165, 1.54) is 11.8 Å². The summed E-state index contributed by atoms with van der Waals surface area (Å²) < 4.78 is 5.54. The Balaban J connectivity index is 2.24. The Kier molecular flexibility index (Phi) is 5.45. The Morgan fingerprint density at radius 3 is 2.79 bits per heavy atom. The number of nitrogens with one attached hydrogen (secondary N) is 1. The molecule has 0 fully saturated rings. The third-order valence-corrected chi connectivity index (χ3v) is 4.76. The van der Waals surface area contributed by atoms with Gasteiger partial charge in [0.05, 0.1) is 11.7 Å². The molecule has 5 nitrogen and oxygen atoms in total. The van der Waals surface area contributed by atoms with E-state index in [9.17, 15) is 4.79 Å². The van der Waals surface area contributed by atoms with Gasteiger partial charge in [-0.25, -0.2) is 4.79 Å². The third-order valence-electron chi connectivity index (χ3n) is 3.44. The van der Waals surface area contributed by atoms with Gasteiger partial charge in [-0.1, -0.05) is 23.7 Å². The van der Waals surface area contributed by atoms with Crippen LogP contribution in [0.1, 0.15) is 45.6 Å². The van der Waals surface area contributed by atoms with Crippen LogP contribution >= 0.6 is 11.8 Å². The number of nitrogens with zero attached hydrogens (tertiary/aromatic N) is 2. The zero-order chi connectivity index (χ0) is 17.9. The second-order valence-corrected chi connectivity index (χ2v) is 7.70. The Hall–Kier alpha value is -2.13. The molecule has 1 aromatic heterocycles. The number of carbonyl (C=O) groups is 1.